The first-order valence-corrected chi connectivity index (χ1v) is 10.8. The van der Waals surface area contributed by atoms with E-state index in [1.54, 1.807) is 6.07 Å². The number of esters is 1. The van der Waals surface area contributed by atoms with E-state index < -0.39 is 5.82 Å². The van der Waals surface area contributed by atoms with Crippen LogP contribution in [0.1, 0.15) is 60.0 Å². The summed E-state index contributed by atoms with van der Waals surface area (Å²) < 4.78 is 19.1. The average molecular weight is 482 g/mol. The minimum atomic E-state index is -0.599. The van der Waals surface area contributed by atoms with Crippen LogP contribution in [-0.4, -0.2) is 12.3 Å². The standard InChI is InChI=1S/C17H17BrO2.C8H4FNO/c1-11(12-5-4-6-13(18)10-12)9-16-14-7-2-3-8-15(14)17(19)20-16;9-8-2-1-6(5-11)3-7(8)4-10/h4-6,9-11H,2-3,7-8H2,1H3;1-3,5H. The SMILES string of the molecule is CC(C=C1OC(=O)C2=C1CCCC2)c1cccc(Br)c1.N#Cc1cc(C=O)ccc1F. The molecule has 0 spiro atoms. The number of hydrogen-bond acceptors (Lipinski definition) is 4. The maximum atomic E-state index is 12.6. The lowest BCUT2D eigenvalue weighted by Gasteiger charge is -2.12. The summed E-state index contributed by atoms with van der Waals surface area (Å²) in [6, 6.07) is 13.5. The van der Waals surface area contributed by atoms with Crippen molar-refractivity contribution >= 4 is 28.2 Å². The fraction of sp³-hybridized carbons (Fsp3) is 0.240. The number of nitriles is 1. The average Bonchev–Trinajstić information content (AvgIpc) is 3.10. The molecule has 0 saturated carbocycles. The second-order valence-corrected chi connectivity index (χ2v) is 8.31. The zero-order valence-electron chi connectivity index (χ0n) is 17.0. The van der Waals surface area contributed by atoms with Gasteiger partial charge in [0.05, 0.1) is 5.56 Å². The normalized spacial score (nSPS) is 17.2. The molecule has 2 aromatic carbocycles. The topological polar surface area (TPSA) is 67.2 Å². The van der Waals surface area contributed by atoms with Gasteiger partial charge in [-0.1, -0.05) is 35.0 Å². The van der Waals surface area contributed by atoms with Gasteiger partial charge in [-0.25, -0.2) is 9.18 Å². The van der Waals surface area contributed by atoms with Crippen LogP contribution in [0, 0.1) is 17.1 Å². The first kappa shape index (κ1) is 22.6. The highest BCUT2D eigenvalue weighted by molar-refractivity contribution is 9.10. The van der Waals surface area contributed by atoms with Crippen LogP contribution < -0.4 is 0 Å². The second kappa shape index (κ2) is 10.3. The molecular formula is C25H21BrFNO3. The third-order valence-corrected chi connectivity index (χ3v) is 5.73. The smallest absolute Gasteiger partial charge is 0.339 e. The number of benzene rings is 2. The molecule has 2 aromatic rings. The molecule has 4 nitrogen and oxygen atoms in total. The van der Waals surface area contributed by atoms with E-state index in [1.807, 2.05) is 12.1 Å². The summed E-state index contributed by atoms with van der Waals surface area (Å²) in [5, 5.41) is 8.33. The molecule has 1 unspecified atom stereocenters. The molecule has 158 valence electrons. The number of hydrogen-bond donors (Lipinski definition) is 0. The maximum absolute atomic E-state index is 12.6. The van der Waals surface area contributed by atoms with Gasteiger partial charge in [-0.05, 0) is 67.7 Å². The third kappa shape index (κ3) is 5.56. The van der Waals surface area contributed by atoms with Gasteiger partial charge in [0.1, 0.15) is 23.9 Å². The van der Waals surface area contributed by atoms with Crippen LogP contribution in [-0.2, 0) is 9.53 Å². The van der Waals surface area contributed by atoms with Crippen LogP contribution >= 0.6 is 15.9 Å². The number of cyclic esters (lactones) is 1. The van der Waals surface area contributed by atoms with Gasteiger partial charge in [0, 0.05) is 27.1 Å². The summed E-state index contributed by atoms with van der Waals surface area (Å²) in [7, 11) is 0. The fourth-order valence-corrected chi connectivity index (χ4v) is 3.99. The van der Waals surface area contributed by atoms with Gasteiger partial charge in [0.25, 0.3) is 0 Å². The first-order valence-electron chi connectivity index (χ1n) is 9.99. The van der Waals surface area contributed by atoms with Gasteiger partial charge in [-0.2, -0.15) is 5.26 Å². The lowest BCUT2D eigenvalue weighted by Crippen LogP contribution is -2.01. The highest BCUT2D eigenvalue weighted by atomic mass is 79.9. The van der Waals surface area contributed by atoms with Crippen molar-refractivity contribution in [3.63, 3.8) is 0 Å². The molecule has 1 heterocycles. The van der Waals surface area contributed by atoms with Crippen molar-refractivity contribution < 1.29 is 18.7 Å². The third-order valence-electron chi connectivity index (χ3n) is 5.24. The van der Waals surface area contributed by atoms with Crippen LogP contribution in [0.2, 0.25) is 0 Å². The number of ether oxygens (including phenoxy) is 1. The van der Waals surface area contributed by atoms with E-state index in [0.717, 1.165) is 53.1 Å². The Labute approximate surface area is 189 Å². The second-order valence-electron chi connectivity index (χ2n) is 7.40. The molecule has 0 saturated heterocycles. The number of rotatable bonds is 3. The van der Waals surface area contributed by atoms with Crippen LogP contribution in [0.25, 0.3) is 0 Å². The maximum Gasteiger partial charge on any atom is 0.339 e. The summed E-state index contributed by atoms with van der Waals surface area (Å²) in [5.41, 5.74) is 3.47. The van der Waals surface area contributed by atoms with Crippen molar-refractivity contribution in [1.29, 1.82) is 5.26 Å². The van der Waals surface area contributed by atoms with Gasteiger partial charge < -0.3 is 4.74 Å². The van der Waals surface area contributed by atoms with Crippen molar-refractivity contribution in [3.05, 3.63) is 92.4 Å². The highest BCUT2D eigenvalue weighted by Crippen LogP contribution is 2.38. The number of carbonyl (C=O) groups excluding carboxylic acids is 2. The lowest BCUT2D eigenvalue weighted by molar-refractivity contribution is -0.133. The quantitative estimate of drug-likeness (QED) is 0.377. The predicted molar refractivity (Wildman–Crippen MR) is 119 cm³/mol. The molecule has 2 aliphatic rings. The number of nitrogens with zero attached hydrogens (tertiary/aromatic N) is 1. The minimum Gasteiger partial charge on any atom is -0.423 e. The Morgan fingerprint density at radius 3 is 2.58 bits per heavy atom. The molecule has 1 aliphatic heterocycles. The predicted octanol–water partition coefficient (Wildman–Crippen LogP) is 6.37. The highest BCUT2D eigenvalue weighted by Gasteiger charge is 2.31. The Bertz CT molecular complexity index is 1110. The lowest BCUT2D eigenvalue weighted by atomic mass is 9.90. The molecule has 31 heavy (non-hydrogen) atoms. The molecule has 4 rings (SSSR count). The van der Waals surface area contributed by atoms with Gasteiger partial charge in [-0.3, -0.25) is 4.79 Å². The fourth-order valence-electron chi connectivity index (χ4n) is 3.58. The van der Waals surface area contributed by atoms with E-state index in [9.17, 15) is 14.0 Å². The molecule has 0 amide bonds. The summed E-state index contributed by atoms with van der Waals surface area (Å²) in [5.74, 6) is 0.284. The van der Waals surface area contributed by atoms with Crippen molar-refractivity contribution in [2.45, 2.75) is 38.5 Å². The van der Waals surface area contributed by atoms with E-state index in [-0.39, 0.29) is 17.5 Å². The molecule has 0 N–H and O–H groups in total. The largest absolute Gasteiger partial charge is 0.423 e. The Morgan fingerprint density at radius 1 is 1.16 bits per heavy atom. The summed E-state index contributed by atoms with van der Waals surface area (Å²) in [6.45, 7) is 2.13. The zero-order chi connectivity index (χ0) is 22.4. The van der Waals surface area contributed by atoms with Gasteiger partial charge >= 0.3 is 5.97 Å². The van der Waals surface area contributed by atoms with E-state index in [1.165, 1.54) is 17.7 Å². The Balaban J connectivity index is 0.000000210. The summed E-state index contributed by atoms with van der Waals surface area (Å²) in [4.78, 5) is 22.0. The van der Waals surface area contributed by atoms with Crippen LogP contribution in [0.4, 0.5) is 4.39 Å². The van der Waals surface area contributed by atoms with Crippen molar-refractivity contribution in [3.8, 4) is 6.07 Å². The van der Waals surface area contributed by atoms with E-state index in [2.05, 4.69) is 41.1 Å². The monoisotopic (exact) mass is 481 g/mol. The van der Waals surface area contributed by atoms with Crippen LogP contribution in [0.5, 0.6) is 0 Å². The molecule has 0 radical (unpaired) electrons. The molecule has 1 atom stereocenters. The van der Waals surface area contributed by atoms with E-state index >= 15 is 0 Å². The van der Waals surface area contributed by atoms with Gasteiger partial charge in [-0.15, -0.1) is 0 Å². The molecule has 0 aromatic heterocycles. The van der Waals surface area contributed by atoms with Crippen molar-refractivity contribution in [1.82, 2.24) is 0 Å². The van der Waals surface area contributed by atoms with Crippen LogP contribution in [0.3, 0.4) is 0 Å². The Hall–Kier alpha value is -3.04. The molecule has 1 aliphatic carbocycles. The Kier molecular flexibility index (Phi) is 7.54. The first-order chi connectivity index (χ1) is 14.9. The van der Waals surface area contributed by atoms with E-state index in [4.69, 9.17) is 10.00 Å². The number of aldehydes is 1. The Morgan fingerprint density at radius 2 is 1.90 bits per heavy atom. The van der Waals surface area contributed by atoms with E-state index in [0.29, 0.717) is 11.8 Å². The summed E-state index contributed by atoms with van der Waals surface area (Å²) in [6.07, 6.45) is 6.74. The van der Waals surface area contributed by atoms with Crippen LogP contribution in [0.15, 0.2) is 69.9 Å². The molecular weight excluding hydrogens is 461 g/mol. The van der Waals surface area contributed by atoms with Gasteiger partial charge in [0.2, 0.25) is 0 Å². The molecule has 0 bridgehead atoms. The van der Waals surface area contributed by atoms with Crippen molar-refractivity contribution in [2.75, 3.05) is 0 Å². The number of allylic oxidation sites excluding steroid dienone is 2. The number of halogens is 2. The molecule has 0 fully saturated rings. The van der Waals surface area contributed by atoms with Crippen molar-refractivity contribution in [2.24, 2.45) is 0 Å². The van der Waals surface area contributed by atoms with Gasteiger partial charge in [0.15, 0.2) is 0 Å². The molecule has 6 heteroatoms. The summed E-state index contributed by atoms with van der Waals surface area (Å²) >= 11 is 3.49. The minimum absolute atomic E-state index is 0.102. The number of carbonyl (C=O) groups is 2. The zero-order valence-corrected chi connectivity index (χ0v) is 18.6.